The van der Waals surface area contributed by atoms with Crippen molar-refractivity contribution in [2.45, 2.75) is 31.7 Å². The summed E-state index contributed by atoms with van der Waals surface area (Å²) in [7, 11) is 0. The molecule has 2 N–H and O–H groups in total. The number of carboxylic acids is 1. The standard InChI is InChI=1S/C17H19ClN2O4/c18-13-3-1-2-4-14(13)20-9-11(8-15(20)21)16(22)19-12-6-5-10(7-12)17(23)24/h1-4,10-12H,5-9H2,(H,19,22)(H,23,24)/t10-,11?,12+/m1/s1. The van der Waals surface area contributed by atoms with Gasteiger partial charge in [0.05, 0.1) is 22.5 Å². The lowest BCUT2D eigenvalue weighted by molar-refractivity contribution is -0.141. The summed E-state index contributed by atoms with van der Waals surface area (Å²) >= 11 is 6.13. The Labute approximate surface area is 144 Å². The van der Waals surface area contributed by atoms with Crippen LogP contribution in [0.2, 0.25) is 5.02 Å². The Morgan fingerprint density at radius 1 is 1.21 bits per heavy atom. The topological polar surface area (TPSA) is 86.7 Å². The van der Waals surface area contributed by atoms with Gasteiger partial charge >= 0.3 is 5.97 Å². The van der Waals surface area contributed by atoms with Crippen LogP contribution >= 0.6 is 11.6 Å². The Balaban J connectivity index is 1.61. The van der Waals surface area contributed by atoms with Crippen LogP contribution in [0.25, 0.3) is 0 Å². The molecule has 1 aromatic carbocycles. The number of nitrogens with one attached hydrogen (secondary N) is 1. The van der Waals surface area contributed by atoms with Crippen LogP contribution in [0.5, 0.6) is 0 Å². The van der Waals surface area contributed by atoms with E-state index < -0.39 is 11.9 Å². The first kappa shape index (κ1) is 16.8. The highest BCUT2D eigenvalue weighted by Crippen LogP contribution is 2.31. The molecule has 6 nitrogen and oxygen atoms in total. The number of carboxylic acid groups (broad SMARTS) is 1. The fraction of sp³-hybridized carbons (Fsp3) is 0.471. The highest BCUT2D eigenvalue weighted by atomic mass is 35.5. The molecule has 2 fully saturated rings. The molecule has 1 aliphatic heterocycles. The van der Waals surface area contributed by atoms with Crippen molar-refractivity contribution in [3.05, 3.63) is 29.3 Å². The third-order valence-corrected chi connectivity index (χ3v) is 5.09. The van der Waals surface area contributed by atoms with Crippen LogP contribution in [0.4, 0.5) is 5.69 Å². The number of hydrogen-bond donors (Lipinski definition) is 2. The first-order chi connectivity index (χ1) is 11.5. The molecule has 128 valence electrons. The van der Waals surface area contributed by atoms with E-state index in [0.717, 1.165) is 0 Å². The molecule has 2 amide bonds. The van der Waals surface area contributed by atoms with Crippen molar-refractivity contribution >= 4 is 35.1 Å². The minimum Gasteiger partial charge on any atom is -0.481 e. The number of rotatable bonds is 4. The second-order valence-electron chi connectivity index (χ2n) is 6.41. The second-order valence-corrected chi connectivity index (χ2v) is 6.82. The molecule has 1 aromatic rings. The molecule has 1 aliphatic carbocycles. The van der Waals surface area contributed by atoms with Crippen molar-refractivity contribution in [3.8, 4) is 0 Å². The van der Waals surface area contributed by atoms with Gasteiger partial charge in [-0.25, -0.2) is 0 Å². The van der Waals surface area contributed by atoms with Gasteiger partial charge in [0.15, 0.2) is 0 Å². The van der Waals surface area contributed by atoms with Crippen molar-refractivity contribution in [2.75, 3.05) is 11.4 Å². The number of anilines is 1. The maximum Gasteiger partial charge on any atom is 0.306 e. The molecule has 1 unspecified atom stereocenters. The van der Waals surface area contributed by atoms with Crippen molar-refractivity contribution < 1.29 is 19.5 Å². The lowest BCUT2D eigenvalue weighted by Crippen LogP contribution is -2.39. The van der Waals surface area contributed by atoms with E-state index in [2.05, 4.69) is 5.32 Å². The summed E-state index contributed by atoms with van der Waals surface area (Å²) in [5.74, 6) is -1.95. The van der Waals surface area contributed by atoms with Gasteiger partial charge in [0.2, 0.25) is 11.8 Å². The molecule has 0 aromatic heterocycles. The van der Waals surface area contributed by atoms with E-state index in [0.29, 0.717) is 36.5 Å². The highest BCUT2D eigenvalue weighted by molar-refractivity contribution is 6.33. The number of nitrogens with zero attached hydrogens (tertiary/aromatic N) is 1. The van der Waals surface area contributed by atoms with Crippen molar-refractivity contribution in [2.24, 2.45) is 11.8 Å². The molecule has 1 heterocycles. The molecule has 2 aliphatic rings. The van der Waals surface area contributed by atoms with Crippen molar-refractivity contribution in [1.29, 1.82) is 0 Å². The molecular weight excluding hydrogens is 332 g/mol. The van der Waals surface area contributed by atoms with Gasteiger partial charge < -0.3 is 15.3 Å². The predicted octanol–water partition coefficient (Wildman–Crippen LogP) is 2.06. The van der Waals surface area contributed by atoms with E-state index in [1.807, 2.05) is 0 Å². The monoisotopic (exact) mass is 350 g/mol. The lowest BCUT2D eigenvalue weighted by Gasteiger charge is -2.19. The largest absolute Gasteiger partial charge is 0.481 e. The first-order valence-corrected chi connectivity index (χ1v) is 8.41. The van der Waals surface area contributed by atoms with Gasteiger partial charge in [-0.3, -0.25) is 14.4 Å². The fourth-order valence-corrected chi connectivity index (χ4v) is 3.68. The fourth-order valence-electron chi connectivity index (χ4n) is 3.44. The van der Waals surface area contributed by atoms with E-state index in [1.165, 1.54) is 0 Å². The molecular formula is C17H19ClN2O4. The summed E-state index contributed by atoms with van der Waals surface area (Å²) in [6.07, 6.45) is 1.84. The van der Waals surface area contributed by atoms with Crippen LogP contribution in [-0.4, -0.2) is 35.5 Å². The summed E-state index contributed by atoms with van der Waals surface area (Å²) in [4.78, 5) is 37.2. The average molecular weight is 351 g/mol. The van der Waals surface area contributed by atoms with Crippen LogP contribution in [0.3, 0.4) is 0 Å². The minimum atomic E-state index is -0.812. The number of aliphatic carboxylic acids is 1. The van der Waals surface area contributed by atoms with Gasteiger partial charge in [0.1, 0.15) is 0 Å². The van der Waals surface area contributed by atoms with Gasteiger partial charge in [-0.1, -0.05) is 23.7 Å². The van der Waals surface area contributed by atoms with E-state index in [9.17, 15) is 14.4 Å². The Morgan fingerprint density at radius 2 is 1.96 bits per heavy atom. The maximum atomic E-state index is 12.4. The Bertz CT molecular complexity index is 678. The number of carbonyl (C=O) groups is 3. The van der Waals surface area contributed by atoms with Crippen molar-refractivity contribution in [1.82, 2.24) is 5.32 Å². The molecule has 0 bridgehead atoms. The quantitative estimate of drug-likeness (QED) is 0.870. The number of halogens is 1. The zero-order valence-electron chi connectivity index (χ0n) is 13.1. The minimum absolute atomic E-state index is 0.122. The summed E-state index contributed by atoms with van der Waals surface area (Å²) < 4.78 is 0. The van der Waals surface area contributed by atoms with E-state index in [-0.39, 0.29) is 30.2 Å². The van der Waals surface area contributed by atoms with Crippen LogP contribution in [0.1, 0.15) is 25.7 Å². The summed E-state index contributed by atoms with van der Waals surface area (Å²) in [5.41, 5.74) is 0.617. The SMILES string of the molecule is O=C(N[C@H]1CC[C@@H](C(=O)O)C1)C1CC(=O)N(c2ccccc2Cl)C1. The number of para-hydroxylation sites is 1. The molecule has 24 heavy (non-hydrogen) atoms. The van der Waals surface area contributed by atoms with Crippen LogP contribution in [0.15, 0.2) is 24.3 Å². The van der Waals surface area contributed by atoms with Gasteiger partial charge in [0, 0.05) is 19.0 Å². The third kappa shape index (κ3) is 3.38. The van der Waals surface area contributed by atoms with Crippen LogP contribution < -0.4 is 10.2 Å². The lowest BCUT2D eigenvalue weighted by atomic mass is 10.1. The average Bonchev–Trinajstić information content (AvgIpc) is 3.15. The van der Waals surface area contributed by atoms with E-state index in [4.69, 9.17) is 16.7 Å². The van der Waals surface area contributed by atoms with E-state index >= 15 is 0 Å². The van der Waals surface area contributed by atoms with Gasteiger partial charge in [-0.2, -0.15) is 0 Å². The first-order valence-electron chi connectivity index (χ1n) is 8.03. The molecule has 0 radical (unpaired) electrons. The number of hydrogen-bond acceptors (Lipinski definition) is 3. The second kappa shape index (κ2) is 6.81. The predicted molar refractivity (Wildman–Crippen MR) is 88.8 cm³/mol. The summed E-state index contributed by atoms with van der Waals surface area (Å²) in [5, 5.41) is 12.4. The highest BCUT2D eigenvalue weighted by Gasteiger charge is 2.38. The van der Waals surface area contributed by atoms with Gasteiger partial charge in [-0.15, -0.1) is 0 Å². The van der Waals surface area contributed by atoms with Crippen LogP contribution in [-0.2, 0) is 14.4 Å². The maximum absolute atomic E-state index is 12.4. The number of benzene rings is 1. The molecule has 1 saturated heterocycles. The Kier molecular flexibility index (Phi) is 4.76. The molecule has 0 spiro atoms. The smallest absolute Gasteiger partial charge is 0.306 e. The Morgan fingerprint density at radius 3 is 2.62 bits per heavy atom. The normalized spacial score (nSPS) is 26.6. The summed E-state index contributed by atoms with van der Waals surface area (Å²) in [6, 6.07) is 6.93. The van der Waals surface area contributed by atoms with Gasteiger partial charge in [-0.05, 0) is 31.4 Å². The third-order valence-electron chi connectivity index (χ3n) is 4.77. The zero-order chi connectivity index (χ0) is 17.3. The Hall–Kier alpha value is -2.08. The molecule has 3 atom stereocenters. The van der Waals surface area contributed by atoms with E-state index in [1.54, 1.807) is 29.2 Å². The van der Waals surface area contributed by atoms with Gasteiger partial charge in [0.25, 0.3) is 0 Å². The molecule has 7 heteroatoms. The number of amides is 2. The van der Waals surface area contributed by atoms with Crippen LogP contribution in [0, 0.1) is 11.8 Å². The van der Waals surface area contributed by atoms with Crippen molar-refractivity contribution in [3.63, 3.8) is 0 Å². The summed E-state index contributed by atoms with van der Waals surface area (Å²) in [6.45, 7) is 0.295. The number of carbonyl (C=O) groups excluding carboxylic acids is 2. The zero-order valence-corrected chi connectivity index (χ0v) is 13.8. The molecule has 3 rings (SSSR count). The molecule has 1 saturated carbocycles.